The highest BCUT2D eigenvalue weighted by Crippen LogP contribution is 2.32. The lowest BCUT2D eigenvalue weighted by atomic mass is 10.2. The van der Waals surface area contributed by atoms with Gasteiger partial charge in [0, 0.05) is 11.8 Å². The van der Waals surface area contributed by atoms with Gasteiger partial charge in [0.2, 0.25) is 5.91 Å². The van der Waals surface area contributed by atoms with Gasteiger partial charge in [-0.3, -0.25) is 4.79 Å². The molecule has 0 saturated heterocycles. The number of carbonyl (C=O) groups excluding carboxylic acids is 1. The summed E-state index contributed by atoms with van der Waals surface area (Å²) in [5.74, 6) is -0.322. The zero-order chi connectivity index (χ0) is 21.1. The molecular formula is C21H19N3O3S3. The van der Waals surface area contributed by atoms with Crippen LogP contribution in [0.15, 0.2) is 58.8 Å². The standard InChI is InChI=1S/C21H19N3O3S3/c1-14-8-10-15(11-9-14)30(26,27)12-4-7-19(25)24-21-23-17(13-28-21)20-22-16-5-2-3-6-18(16)29-20/h2-3,5-6,8-11,13H,4,7,12H2,1H3,(H,23,24,25). The van der Waals surface area contributed by atoms with E-state index in [9.17, 15) is 13.2 Å². The predicted molar refractivity (Wildman–Crippen MR) is 122 cm³/mol. The lowest BCUT2D eigenvalue weighted by molar-refractivity contribution is -0.116. The minimum absolute atomic E-state index is 0.0711. The Balaban J connectivity index is 1.33. The fourth-order valence-corrected chi connectivity index (χ4v) is 5.90. The van der Waals surface area contributed by atoms with Crippen LogP contribution in [-0.2, 0) is 14.6 Å². The number of aryl methyl sites for hydroxylation is 1. The van der Waals surface area contributed by atoms with Crippen molar-refractivity contribution in [3.63, 3.8) is 0 Å². The van der Waals surface area contributed by atoms with E-state index in [0.29, 0.717) is 5.13 Å². The second-order valence-electron chi connectivity index (χ2n) is 6.81. The number of rotatable bonds is 7. The van der Waals surface area contributed by atoms with Crippen LogP contribution >= 0.6 is 22.7 Å². The maximum absolute atomic E-state index is 12.4. The molecule has 6 nitrogen and oxygen atoms in total. The van der Waals surface area contributed by atoms with Crippen LogP contribution in [0, 0.1) is 6.92 Å². The average Bonchev–Trinajstić information content (AvgIpc) is 3.34. The second kappa shape index (κ2) is 8.63. The number of hydrogen-bond acceptors (Lipinski definition) is 7. The van der Waals surface area contributed by atoms with Crippen molar-refractivity contribution in [1.29, 1.82) is 0 Å². The predicted octanol–water partition coefficient (Wildman–Crippen LogP) is 4.92. The van der Waals surface area contributed by atoms with E-state index >= 15 is 0 Å². The van der Waals surface area contributed by atoms with E-state index in [4.69, 9.17) is 0 Å². The summed E-state index contributed by atoms with van der Waals surface area (Å²) in [5, 5.41) is 5.89. The van der Waals surface area contributed by atoms with Crippen LogP contribution in [-0.4, -0.2) is 30.0 Å². The Hall–Kier alpha value is -2.62. The third kappa shape index (κ3) is 4.75. The fourth-order valence-electron chi connectivity index (χ4n) is 2.88. The van der Waals surface area contributed by atoms with Crippen molar-refractivity contribution in [3.05, 3.63) is 59.5 Å². The molecule has 9 heteroatoms. The van der Waals surface area contributed by atoms with Crippen LogP contribution in [0.4, 0.5) is 5.13 Å². The Morgan fingerprint density at radius 1 is 1.07 bits per heavy atom. The van der Waals surface area contributed by atoms with Crippen molar-refractivity contribution in [2.75, 3.05) is 11.1 Å². The molecule has 0 atom stereocenters. The van der Waals surface area contributed by atoms with Crippen molar-refractivity contribution in [2.45, 2.75) is 24.7 Å². The van der Waals surface area contributed by atoms with Gasteiger partial charge in [-0.15, -0.1) is 22.7 Å². The zero-order valence-electron chi connectivity index (χ0n) is 16.2. The minimum Gasteiger partial charge on any atom is -0.302 e. The van der Waals surface area contributed by atoms with Gasteiger partial charge >= 0.3 is 0 Å². The number of para-hydroxylation sites is 1. The summed E-state index contributed by atoms with van der Waals surface area (Å²) >= 11 is 2.88. The first-order valence-corrected chi connectivity index (χ1v) is 12.7. The molecule has 0 saturated carbocycles. The molecule has 1 N–H and O–H groups in total. The zero-order valence-corrected chi connectivity index (χ0v) is 18.6. The van der Waals surface area contributed by atoms with Crippen LogP contribution in [0.1, 0.15) is 18.4 Å². The smallest absolute Gasteiger partial charge is 0.226 e. The number of anilines is 1. The maximum Gasteiger partial charge on any atom is 0.226 e. The van der Waals surface area contributed by atoms with Gasteiger partial charge in [-0.05, 0) is 37.6 Å². The summed E-state index contributed by atoms with van der Waals surface area (Å²) in [7, 11) is -3.39. The monoisotopic (exact) mass is 457 g/mol. The number of carbonyl (C=O) groups is 1. The van der Waals surface area contributed by atoms with Crippen molar-refractivity contribution in [2.24, 2.45) is 0 Å². The molecule has 0 aliphatic carbocycles. The van der Waals surface area contributed by atoms with E-state index in [-0.39, 0.29) is 29.4 Å². The van der Waals surface area contributed by atoms with Crippen LogP contribution in [0.3, 0.4) is 0 Å². The molecule has 0 radical (unpaired) electrons. The lowest BCUT2D eigenvalue weighted by Gasteiger charge is -2.05. The van der Waals surface area contributed by atoms with Gasteiger partial charge in [0.25, 0.3) is 0 Å². The summed E-state index contributed by atoms with van der Waals surface area (Å²) < 4.78 is 25.8. The average molecular weight is 458 g/mol. The van der Waals surface area contributed by atoms with E-state index in [0.717, 1.165) is 26.5 Å². The Kier molecular flexibility index (Phi) is 5.94. The molecule has 0 fully saturated rings. The van der Waals surface area contributed by atoms with Crippen LogP contribution < -0.4 is 5.32 Å². The molecule has 2 aromatic heterocycles. The molecule has 154 valence electrons. The largest absolute Gasteiger partial charge is 0.302 e. The molecule has 0 unspecified atom stereocenters. The first-order valence-electron chi connectivity index (χ1n) is 9.31. The molecule has 4 rings (SSSR count). The second-order valence-corrected chi connectivity index (χ2v) is 10.8. The maximum atomic E-state index is 12.4. The number of thiazole rings is 2. The third-order valence-electron chi connectivity index (χ3n) is 4.46. The molecule has 2 aromatic carbocycles. The lowest BCUT2D eigenvalue weighted by Crippen LogP contribution is -2.14. The van der Waals surface area contributed by atoms with Crippen molar-refractivity contribution >= 4 is 53.8 Å². The van der Waals surface area contributed by atoms with E-state index in [1.165, 1.54) is 11.3 Å². The number of amides is 1. The van der Waals surface area contributed by atoms with Gasteiger partial charge in [-0.1, -0.05) is 29.8 Å². The highest BCUT2D eigenvalue weighted by Gasteiger charge is 2.16. The highest BCUT2D eigenvalue weighted by atomic mass is 32.2. The van der Waals surface area contributed by atoms with Gasteiger partial charge in [0.15, 0.2) is 15.0 Å². The SMILES string of the molecule is Cc1ccc(S(=O)(=O)CCCC(=O)Nc2nc(-c3nc4ccccc4s3)cs2)cc1. The quantitative estimate of drug-likeness (QED) is 0.425. The van der Waals surface area contributed by atoms with Crippen LogP contribution in [0.25, 0.3) is 20.9 Å². The first kappa shape index (κ1) is 20.6. The minimum atomic E-state index is -3.39. The molecule has 2 heterocycles. The molecule has 0 aliphatic rings. The highest BCUT2D eigenvalue weighted by molar-refractivity contribution is 7.91. The fraction of sp³-hybridized carbons (Fsp3) is 0.190. The Labute approximate surface area is 182 Å². The number of nitrogens with zero attached hydrogens (tertiary/aromatic N) is 2. The van der Waals surface area contributed by atoms with Crippen LogP contribution in [0.2, 0.25) is 0 Å². The van der Waals surface area contributed by atoms with Gasteiger partial charge in [0.05, 0.1) is 20.9 Å². The molecule has 0 bridgehead atoms. The number of benzene rings is 2. The number of nitrogens with one attached hydrogen (secondary N) is 1. The number of hydrogen-bond donors (Lipinski definition) is 1. The van der Waals surface area contributed by atoms with E-state index in [1.54, 1.807) is 35.6 Å². The number of fused-ring (bicyclic) bond motifs is 1. The summed E-state index contributed by atoms with van der Waals surface area (Å²) in [6.07, 6.45) is 0.360. The van der Waals surface area contributed by atoms with E-state index < -0.39 is 9.84 Å². The summed E-state index contributed by atoms with van der Waals surface area (Å²) in [6, 6.07) is 14.6. The van der Waals surface area contributed by atoms with E-state index in [1.807, 2.05) is 36.6 Å². The van der Waals surface area contributed by atoms with Crippen LogP contribution in [0.5, 0.6) is 0 Å². The third-order valence-corrected chi connectivity index (χ3v) is 8.09. The first-order chi connectivity index (χ1) is 14.4. The van der Waals surface area contributed by atoms with E-state index in [2.05, 4.69) is 15.3 Å². The number of aromatic nitrogens is 2. The van der Waals surface area contributed by atoms with Gasteiger partial charge < -0.3 is 5.32 Å². The topological polar surface area (TPSA) is 89.0 Å². The Morgan fingerprint density at radius 2 is 1.83 bits per heavy atom. The molecule has 30 heavy (non-hydrogen) atoms. The van der Waals surface area contributed by atoms with Gasteiger partial charge in [0.1, 0.15) is 10.7 Å². The number of sulfone groups is 1. The summed E-state index contributed by atoms with van der Waals surface area (Å²) in [4.78, 5) is 21.5. The van der Waals surface area contributed by atoms with Crippen molar-refractivity contribution < 1.29 is 13.2 Å². The van der Waals surface area contributed by atoms with Gasteiger partial charge in [-0.25, -0.2) is 18.4 Å². The Morgan fingerprint density at radius 3 is 2.60 bits per heavy atom. The van der Waals surface area contributed by atoms with Gasteiger partial charge in [-0.2, -0.15) is 0 Å². The molecule has 1 amide bonds. The van der Waals surface area contributed by atoms with Crippen molar-refractivity contribution in [3.8, 4) is 10.7 Å². The Bertz CT molecular complexity index is 1260. The summed E-state index contributed by atoms with van der Waals surface area (Å²) in [6.45, 7) is 1.90. The normalized spacial score (nSPS) is 11.6. The molecular weight excluding hydrogens is 438 g/mol. The van der Waals surface area contributed by atoms with Crippen molar-refractivity contribution in [1.82, 2.24) is 9.97 Å². The molecule has 0 spiro atoms. The summed E-state index contributed by atoms with van der Waals surface area (Å²) in [5.41, 5.74) is 2.64. The molecule has 0 aliphatic heterocycles. The molecule has 4 aromatic rings.